The number of halogens is 2. The largest absolute Gasteiger partial charge is 0.495 e. The van der Waals surface area contributed by atoms with Gasteiger partial charge in [0.25, 0.3) is 0 Å². The molecule has 0 spiro atoms. The van der Waals surface area contributed by atoms with E-state index in [1.807, 2.05) is 0 Å². The van der Waals surface area contributed by atoms with Crippen molar-refractivity contribution in [2.24, 2.45) is 0 Å². The maximum atomic E-state index is 5.94. The van der Waals surface area contributed by atoms with Crippen LogP contribution in [0.4, 0.5) is 17.2 Å². The van der Waals surface area contributed by atoms with E-state index in [2.05, 4.69) is 10.3 Å². The number of nitrogens with zero attached hydrogens (tertiary/aromatic N) is 1. The molecule has 0 bridgehead atoms. The number of methoxy groups -OCH3 is 1. The number of nitrogen functional groups attached to an aromatic ring is 1. The van der Waals surface area contributed by atoms with Crippen LogP contribution in [0.2, 0.25) is 10.0 Å². The lowest BCUT2D eigenvalue weighted by Gasteiger charge is -2.10. The molecule has 2 aromatic rings. The number of aromatic nitrogens is 1. The van der Waals surface area contributed by atoms with Crippen molar-refractivity contribution in [3.05, 3.63) is 40.5 Å². The summed E-state index contributed by atoms with van der Waals surface area (Å²) in [5.41, 5.74) is 7.05. The van der Waals surface area contributed by atoms with Crippen LogP contribution in [-0.4, -0.2) is 12.1 Å². The van der Waals surface area contributed by atoms with E-state index >= 15 is 0 Å². The van der Waals surface area contributed by atoms with E-state index in [1.165, 1.54) is 6.20 Å². The Hall–Kier alpha value is -1.65. The molecule has 1 heterocycles. The number of anilines is 3. The van der Waals surface area contributed by atoms with Crippen molar-refractivity contribution in [3.63, 3.8) is 0 Å². The van der Waals surface area contributed by atoms with Crippen molar-refractivity contribution in [1.82, 2.24) is 4.98 Å². The Labute approximate surface area is 115 Å². The van der Waals surface area contributed by atoms with Gasteiger partial charge in [0.15, 0.2) is 5.82 Å². The SMILES string of the molecule is COc1cc(Nc2ncc(Cl)cc2N)ccc1Cl. The predicted octanol–water partition coefficient (Wildman–Crippen LogP) is 3.72. The third kappa shape index (κ3) is 2.78. The molecule has 0 fully saturated rings. The Balaban J connectivity index is 2.28. The lowest BCUT2D eigenvalue weighted by molar-refractivity contribution is 0.415. The highest BCUT2D eigenvalue weighted by Crippen LogP contribution is 2.30. The number of rotatable bonds is 3. The lowest BCUT2D eigenvalue weighted by atomic mass is 10.3. The quantitative estimate of drug-likeness (QED) is 0.901. The Morgan fingerprint density at radius 2 is 2.06 bits per heavy atom. The first kappa shape index (κ1) is 12.8. The highest BCUT2D eigenvalue weighted by molar-refractivity contribution is 6.32. The molecule has 0 aliphatic rings. The molecule has 94 valence electrons. The second-order valence-corrected chi connectivity index (χ2v) is 4.41. The molecule has 0 saturated carbocycles. The van der Waals surface area contributed by atoms with Gasteiger partial charge in [-0.1, -0.05) is 23.2 Å². The van der Waals surface area contributed by atoms with Crippen LogP contribution in [0.25, 0.3) is 0 Å². The van der Waals surface area contributed by atoms with E-state index in [9.17, 15) is 0 Å². The molecule has 4 nitrogen and oxygen atoms in total. The Kier molecular flexibility index (Phi) is 3.79. The van der Waals surface area contributed by atoms with Crippen LogP contribution >= 0.6 is 23.2 Å². The van der Waals surface area contributed by atoms with Crippen molar-refractivity contribution in [3.8, 4) is 5.75 Å². The summed E-state index contributed by atoms with van der Waals surface area (Å²) in [5, 5.41) is 4.10. The molecule has 0 amide bonds. The Morgan fingerprint density at radius 3 is 2.72 bits per heavy atom. The van der Waals surface area contributed by atoms with Gasteiger partial charge >= 0.3 is 0 Å². The van der Waals surface area contributed by atoms with Gasteiger partial charge in [0.05, 0.1) is 22.8 Å². The number of hydrogen-bond acceptors (Lipinski definition) is 4. The van der Waals surface area contributed by atoms with E-state index in [-0.39, 0.29) is 0 Å². The highest BCUT2D eigenvalue weighted by atomic mass is 35.5. The van der Waals surface area contributed by atoms with Crippen LogP contribution in [0.5, 0.6) is 5.75 Å². The predicted molar refractivity (Wildman–Crippen MR) is 74.9 cm³/mol. The van der Waals surface area contributed by atoms with E-state index in [1.54, 1.807) is 31.4 Å². The van der Waals surface area contributed by atoms with Gasteiger partial charge in [-0.15, -0.1) is 0 Å². The van der Waals surface area contributed by atoms with Gasteiger partial charge in [-0.2, -0.15) is 0 Å². The molecule has 3 N–H and O–H groups in total. The van der Waals surface area contributed by atoms with Gasteiger partial charge in [-0.05, 0) is 18.2 Å². The van der Waals surface area contributed by atoms with Crippen molar-refractivity contribution in [2.45, 2.75) is 0 Å². The van der Waals surface area contributed by atoms with Gasteiger partial charge in [0.1, 0.15) is 5.75 Å². The first-order valence-corrected chi connectivity index (χ1v) is 5.87. The second-order valence-electron chi connectivity index (χ2n) is 3.57. The first-order valence-electron chi connectivity index (χ1n) is 5.11. The fourth-order valence-corrected chi connectivity index (χ4v) is 1.79. The molecule has 1 aromatic heterocycles. The summed E-state index contributed by atoms with van der Waals surface area (Å²) < 4.78 is 5.13. The average Bonchev–Trinajstić information content (AvgIpc) is 2.35. The fourth-order valence-electron chi connectivity index (χ4n) is 1.43. The minimum Gasteiger partial charge on any atom is -0.495 e. The molecule has 1 aromatic carbocycles. The minimum absolute atomic E-state index is 0.469. The van der Waals surface area contributed by atoms with Crippen molar-refractivity contribution in [2.75, 3.05) is 18.2 Å². The summed E-state index contributed by atoms with van der Waals surface area (Å²) in [6.45, 7) is 0. The molecular weight excluding hydrogens is 273 g/mol. The Bertz CT molecular complexity index is 575. The molecular formula is C12H11Cl2N3O. The standard InChI is InChI=1S/C12H11Cl2N3O/c1-18-11-5-8(2-3-9(11)14)17-12-10(15)4-7(13)6-16-12/h2-6H,15H2,1H3,(H,16,17). The molecule has 0 unspecified atom stereocenters. The summed E-state index contributed by atoms with van der Waals surface area (Å²) in [5.74, 6) is 1.11. The summed E-state index contributed by atoms with van der Waals surface area (Å²) >= 11 is 11.7. The molecule has 0 radical (unpaired) electrons. The lowest BCUT2D eigenvalue weighted by Crippen LogP contribution is -1.99. The zero-order chi connectivity index (χ0) is 13.1. The molecule has 18 heavy (non-hydrogen) atoms. The van der Waals surface area contributed by atoms with E-state index in [4.69, 9.17) is 33.7 Å². The van der Waals surface area contributed by atoms with E-state index < -0.39 is 0 Å². The normalized spacial score (nSPS) is 10.2. The molecule has 2 rings (SSSR count). The topological polar surface area (TPSA) is 60.2 Å². The summed E-state index contributed by atoms with van der Waals surface area (Å²) in [6, 6.07) is 6.93. The summed E-state index contributed by atoms with van der Waals surface area (Å²) in [4.78, 5) is 4.11. The maximum absolute atomic E-state index is 5.94. The van der Waals surface area contributed by atoms with Crippen LogP contribution in [0.3, 0.4) is 0 Å². The summed E-state index contributed by atoms with van der Waals surface area (Å²) in [6.07, 6.45) is 1.52. The van der Waals surface area contributed by atoms with Gasteiger partial charge in [-0.25, -0.2) is 4.98 Å². The van der Waals surface area contributed by atoms with Gasteiger partial charge in [0.2, 0.25) is 0 Å². The van der Waals surface area contributed by atoms with Crippen LogP contribution in [0, 0.1) is 0 Å². The first-order chi connectivity index (χ1) is 8.60. The van der Waals surface area contributed by atoms with Crippen LogP contribution < -0.4 is 15.8 Å². The van der Waals surface area contributed by atoms with Crippen molar-refractivity contribution < 1.29 is 4.74 Å². The molecule has 0 saturated heterocycles. The molecule has 0 atom stereocenters. The zero-order valence-electron chi connectivity index (χ0n) is 9.58. The van der Waals surface area contributed by atoms with E-state index in [0.717, 1.165) is 5.69 Å². The molecule has 6 heteroatoms. The number of ether oxygens (including phenoxy) is 1. The number of benzene rings is 1. The zero-order valence-corrected chi connectivity index (χ0v) is 11.1. The molecule has 0 aliphatic carbocycles. The average molecular weight is 284 g/mol. The van der Waals surface area contributed by atoms with Crippen molar-refractivity contribution >= 4 is 40.4 Å². The maximum Gasteiger partial charge on any atom is 0.153 e. The van der Waals surface area contributed by atoms with Gasteiger partial charge in [0, 0.05) is 18.0 Å². The second kappa shape index (κ2) is 5.33. The smallest absolute Gasteiger partial charge is 0.153 e. The van der Waals surface area contributed by atoms with Crippen LogP contribution in [-0.2, 0) is 0 Å². The van der Waals surface area contributed by atoms with Crippen LogP contribution in [0.1, 0.15) is 0 Å². The van der Waals surface area contributed by atoms with Crippen molar-refractivity contribution in [1.29, 1.82) is 0 Å². The fraction of sp³-hybridized carbons (Fsp3) is 0.0833. The van der Waals surface area contributed by atoms with Gasteiger partial charge < -0.3 is 15.8 Å². The van der Waals surface area contributed by atoms with Crippen LogP contribution in [0.15, 0.2) is 30.5 Å². The van der Waals surface area contributed by atoms with E-state index in [0.29, 0.717) is 27.3 Å². The third-order valence-corrected chi connectivity index (χ3v) is 2.82. The minimum atomic E-state index is 0.469. The number of nitrogens with two attached hydrogens (primary N) is 1. The van der Waals surface area contributed by atoms with Gasteiger partial charge in [-0.3, -0.25) is 0 Å². The molecule has 0 aliphatic heterocycles. The number of hydrogen-bond donors (Lipinski definition) is 2. The third-order valence-electron chi connectivity index (χ3n) is 2.30. The number of nitrogens with one attached hydrogen (secondary N) is 1. The highest BCUT2D eigenvalue weighted by Gasteiger charge is 2.05. The summed E-state index contributed by atoms with van der Waals surface area (Å²) in [7, 11) is 1.56. The Morgan fingerprint density at radius 1 is 1.28 bits per heavy atom. The number of pyridine rings is 1. The monoisotopic (exact) mass is 283 g/mol.